The maximum Gasteiger partial charge on any atom is 0.248 e. The van der Waals surface area contributed by atoms with Crippen molar-refractivity contribution in [1.82, 2.24) is 30.4 Å². The first-order chi connectivity index (χ1) is 9.90. The molecular weight excluding hydrogens is 272 g/mol. The summed E-state index contributed by atoms with van der Waals surface area (Å²) >= 11 is 0. The Labute approximate surface area is 122 Å². The molecular formula is C13H20N6O2. The van der Waals surface area contributed by atoms with Gasteiger partial charge in [-0.2, -0.15) is 4.80 Å². The highest BCUT2D eigenvalue weighted by Crippen LogP contribution is 2.42. The van der Waals surface area contributed by atoms with Crippen molar-refractivity contribution in [2.24, 2.45) is 13.0 Å². The van der Waals surface area contributed by atoms with Crippen molar-refractivity contribution in [3.05, 3.63) is 5.82 Å². The molecule has 0 radical (unpaired) electrons. The van der Waals surface area contributed by atoms with Crippen molar-refractivity contribution in [1.29, 1.82) is 0 Å². The largest absolute Gasteiger partial charge is 0.342 e. The lowest BCUT2D eigenvalue weighted by atomic mass is 9.94. The highest BCUT2D eigenvalue weighted by atomic mass is 16.2. The van der Waals surface area contributed by atoms with Crippen LogP contribution in [0.25, 0.3) is 0 Å². The minimum absolute atomic E-state index is 0.0456. The lowest BCUT2D eigenvalue weighted by Gasteiger charge is -2.33. The third-order valence-electron chi connectivity index (χ3n) is 4.37. The summed E-state index contributed by atoms with van der Waals surface area (Å²) in [6, 6.07) is -0.179. The van der Waals surface area contributed by atoms with Crippen molar-refractivity contribution >= 4 is 11.8 Å². The van der Waals surface area contributed by atoms with Crippen LogP contribution in [0.5, 0.6) is 0 Å². The van der Waals surface area contributed by atoms with Gasteiger partial charge >= 0.3 is 0 Å². The minimum atomic E-state index is -0.802. The predicted octanol–water partition coefficient (Wildman–Crippen LogP) is -0.384. The van der Waals surface area contributed by atoms with E-state index in [0.717, 1.165) is 12.8 Å². The van der Waals surface area contributed by atoms with Crippen molar-refractivity contribution in [2.75, 3.05) is 0 Å². The minimum Gasteiger partial charge on any atom is -0.342 e. The number of nitrogens with zero attached hydrogens (tertiary/aromatic N) is 5. The number of hydrogen-bond acceptors (Lipinski definition) is 5. The maximum absolute atomic E-state index is 12.9. The standard InChI is InChI=1S/C13H20N6O2/c1-8-6-11(20)14-13(2,9-4-5-9)12(21)19(8)7-10-15-17-18(3)16-10/h8-9H,4-7H2,1-3H3,(H,14,20). The summed E-state index contributed by atoms with van der Waals surface area (Å²) in [6.45, 7) is 4.00. The Bertz CT molecular complexity index is 581. The molecule has 2 aliphatic rings. The zero-order valence-electron chi connectivity index (χ0n) is 12.5. The smallest absolute Gasteiger partial charge is 0.248 e. The SMILES string of the molecule is CC1CC(=O)NC(C)(C2CC2)C(=O)N1Cc1nnn(C)n1. The van der Waals surface area contributed by atoms with Gasteiger partial charge in [0.25, 0.3) is 0 Å². The van der Waals surface area contributed by atoms with Gasteiger partial charge in [0.15, 0.2) is 5.82 Å². The second-order valence-corrected chi connectivity index (χ2v) is 6.21. The Balaban J connectivity index is 1.88. The number of aromatic nitrogens is 4. The van der Waals surface area contributed by atoms with Crippen LogP contribution in [0.3, 0.4) is 0 Å². The number of aryl methyl sites for hydroxylation is 1. The van der Waals surface area contributed by atoms with E-state index in [1.54, 1.807) is 11.9 Å². The van der Waals surface area contributed by atoms with Gasteiger partial charge in [-0.25, -0.2) is 0 Å². The molecule has 1 N–H and O–H groups in total. The predicted molar refractivity (Wildman–Crippen MR) is 72.7 cm³/mol. The van der Waals surface area contributed by atoms with Gasteiger partial charge in [-0.05, 0) is 37.8 Å². The van der Waals surface area contributed by atoms with Gasteiger partial charge < -0.3 is 10.2 Å². The second kappa shape index (κ2) is 4.78. The van der Waals surface area contributed by atoms with Crippen LogP contribution in [0.1, 0.15) is 38.9 Å². The van der Waals surface area contributed by atoms with Gasteiger partial charge in [0.2, 0.25) is 11.8 Å². The molecule has 1 saturated heterocycles. The molecule has 1 aliphatic carbocycles. The van der Waals surface area contributed by atoms with Crippen molar-refractivity contribution in [3.8, 4) is 0 Å². The third kappa shape index (κ3) is 2.50. The molecule has 1 saturated carbocycles. The fourth-order valence-electron chi connectivity index (χ4n) is 2.98. The zero-order chi connectivity index (χ0) is 15.2. The van der Waals surface area contributed by atoms with Gasteiger partial charge in [0, 0.05) is 12.5 Å². The van der Waals surface area contributed by atoms with Crippen LogP contribution in [0, 0.1) is 5.92 Å². The van der Waals surface area contributed by atoms with Gasteiger partial charge in [-0.15, -0.1) is 10.2 Å². The first-order valence-corrected chi connectivity index (χ1v) is 7.25. The molecule has 3 rings (SSSR count). The fraction of sp³-hybridized carbons (Fsp3) is 0.769. The van der Waals surface area contributed by atoms with E-state index in [1.807, 2.05) is 13.8 Å². The lowest BCUT2D eigenvalue weighted by Crippen LogP contribution is -2.57. The van der Waals surface area contributed by atoms with Gasteiger partial charge in [-0.1, -0.05) is 0 Å². The van der Waals surface area contributed by atoms with E-state index in [0.29, 0.717) is 12.2 Å². The van der Waals surface area contributed by atoms with Crippen molar-refractivity contribution in [2.45, 2.75) is 51.2 Å². The first kappa shape index (κ1) is 14.0. The van der Waals surface area contributed by atoms with Crippen LogP contribution in [0.15, 0.2) is 0 Å². The summed E-state index contributed by atoms with van der Waals surface area (Å²) in [4.78, 5) is 28.1. The maximum atomic E-state index is 12.9. The number of rotatable bonds is 3. The summed E-state index contributed by atoms with van der Waals surface area (Å²) in [6.07, 6.45) is 2.26. The summed E-state index contributed by atoms with van der Waals surface area (Å²) in [7, 11) is 1.68. The molecule has 1 aromatic rings. The molecule has 2 amide bonds. The zero-order valence-corrected chi connectivity index (χ0v) is 12.5. The highest BCUT2D eigenvalue weighted by molar-refractivity contribution is 5.94. The van der Waals surface area contributed by atoms with Crippen LogP contribution < -0.4 is 5.32 Å². The number of carbonyl (C=O) groups excluding carboxylic acids is 2. The molecule has 1 aliphatic heterocycles. The van der Waals surface area contributed by atoms with Gasteiger partial charge in [-0.3, -0.25) is 9.59 Å². The van der Waals surface area contributed by atoms with E-state index < -0.39 is 5.54 Å². The normalized spacial score (nSPS) is 30.2. The summed E-state index contributed by atoms with van der Waals surface area (Å²) in [5.74, 6) is 0.609. The number of hydrogen-bond donors (Lipinski definition) is 1. The Morgan fingerprint density at radius 2 is 2.10 bits per heavy atom. The van der Waals surface area contributed by atoms with Crippen LogP contribution in [-0.2, 0) is 23.2 Å². The van der Waals surface area contributed by atoms with Gasteiger partial charge in [0.05, 0.1) is 13.6 Å². The molecule has 8 heteroatoms. The van der Waals surface area contributed by atoms with Crippen LogP contribution in [0.4, 0.5) is 0 Å². The first-order valence-electron chi connectivity index (χ1n) is 7.25. The summed E-state index contributed by atoms with van der Waals surface area (Å²) in [5, 5.41) is 14.8. The Hall–Kier alpha value is -1.99. The summed E-state index contributed by atoms with van der Waals surface area (Å²) in [5.41, 5.74) is -0.802. The second-order valence-electron chi connectivity index (χ2n) is 6.21. The Kier molecular flexibility index (Phi) is 3.18. The summed E-state index contributed by atoms with van der Waals surface area (Å²) < 4.78 is 0. The molecule has 2 atom stereocenters. The molecule has 0 spiro atoms. The monoisotopic (exact) mass is 292 g/mol. The average molecular weight is 292 g/mol. The Morgan fingerprint density at radius 1 is 1.38 bits per heavy atom. The quantitative estimate of drug-likeness (QED) is 0.819. The molecule has 114 valence electrons. The fourth-order valence-corrected chi connectivity index (χ4v) is 2.98. The highest BCUT2D eigenvalue weighted by Gasteiger charge is 2.52. The van der Waals surface area contributed by atoms with Crippen LogP contribution in [-0.4, -0.2) is 48.5 Å². The molecule has 2 heterocycles. The molecule has 2 fully saturated rings. The lowest BCUT2D eigenvalue weighted by molar-refractivity contribution is -0.141. The van der Waals surface area contributed by atoms with Crippen LogP contribution in [0.2, 0.25) is 0 Å². The molecule has 0 bridgehead atoms. The van der Waals surface area contributed by atoms with E-state index in [1.165, 1.54) is 4.80 Å². The van der Waals surface area contributed by atoms with Crippen LogP contribution >= 0.6 is 0 Å². The molecule has 21 heavy (non-hydrogen) atoms. The molecule has 0 aromatic carbocycles. The van der Waals surface area contributed by atoms with E-state index in [2.05, 4.69) is 20.7 Å². The average Bonchev–Trinajstić information content (AvgIpc) is 3.19. The molecule has 1 aromatic heterocycles. The van der Waals surface area contributed by atoms with E-state index in [4.69, 9.17) is 0 Å². The number of carbonyl (C=O) groups is 2. The van der Waals surface area contributed by atoms with Crippen molar-refractivity contribution < 1.29 is 9.59 Å². The van der Waals surface area contributed by atoms with E-state index >= 15 is 0 Å². The Morgan fingerprint density at radius 3 is 2.67 bits per heavy atom. The van der Waals surface area contributed by atoms with Gasteiger partial charge in [0.1, 0.15) is 5.54 Å². The van der Waals surface area contributed by atoms with E-state index in [9.17, 15) is 9.59 Å². The number of amides is 2. The number of nitrogens with one attached hydrogen (secondary N) is 1. The molecule has 8 nitrogen and oxygen atoms in total. The topological polar surface area (TPSA) is 93.0 Å². The molecule has 2 unspecified atom stereocenters. The van der Waals surface area contributed by atoms with Crippen molar-refractivity contribution in [3.63, 3.8) is 0 Å². The van der Waals surface area contributed by atoms with E-state index in [-0.39, 0.29) is 30.3 Å². The number of tetrazole rings is 1. The third-order valence-corrected chi connectivity index (χ3v) is 4.37.